The van der Waals surface area contributed by atoms with Crippen LogP contribution in [-0.2, 0) is 12.7 Å². The molecule has 28 heavy (non-hydrogen) atoms. The molecule has 0 bridgehead atoms. The van der Waals surface area contributed by atoms with Gasteiger partial charge in [0.25, 0.3) is 5.91 Å². The standard InChI is InChI=1S/C18H16F3N5O2/c1-10-6-15(27)16(17(28)22-8-12-9-23-24-11(12)2)25-26(10)14-5-3-4-13(7-14)18(19,20)21/h3-7,9H,8H2,1-2H3,(H,22,28)(H,23,24). The third-order valence-corrected chi connectivity index (χ3v) is 4.11. The lowest BCUT2D eigenvalue weighted by Gasteiger charge is -2.13. The van der Waals surface area contributed by atoms with Crippen molar-refractivity contribution in [2.24, 2.45) is 0 Å². The van der Waals surface area contributed by atoms with Gasteiger partial charge in [-0.05, 0) is 32.0 Å². The highest BCUT2D eigenvalue weighted by atomic mass is 19.4. The summed E-state index contributed by atoms with van der Waals surface area (Å²) in [6.45, 7) is 3.42. The molecule has 2 heterocycles. The fourth-order valence-electron chi connectivity index (χ4n) is 2.59. The number of alkyl halides is 3. The summed E-state index contributed by atoms with van der Waals surface area (Å²) >= 11 is 0. The van der Waals surface area contributed by atoms with E-state index in [0.29, 0.717) is 5.69 Å². The largest absolute Gasteiger partial charge is 0.416 e. The van der Waals surface area contributed by atoms with Gasteiger partial charge >= 0.3 is 6.18 Å². The summed E-state index contributed by atoms with van der Waals surface area (Å²) < 4.78 is 40.0. The number of carbonyl (C=O) groups excluding carboxylic acids is 1. The van der Waals surface area contributed by atoms with Gasteiger partial charge in [-0.3, -0.25) is 14.7 Å². The molecule has 1 aromatic carbocycles. The summed E-state index contributed by atoms with van der Waals surface area (Å²) in [5.74, 6) is -0.730. The average molecular weight is 391 g/mol. The van der Waals surface area contributed by atoms with Gasteiger partial charge in [0.15, 0.2) is 5.69 Å². The Kier molecular flexibility index (Phi) is 5.04. The van der Waals surface area contributed by atoms with Crippen LogP contribution < -0.4 is 10.7 Å². The number of rotatable bonds is 4. The van der Waals surface area contributed by atoms with E-state index in [0.717, 1.165) is 34.1 Å². The second kappa shape index (κ2) is 7.29. The highest BCUT2D eigenvalue weighted by Crippen LogP contribution is 2.30. The molecule has 3 aromatic rings. The fourth-order valence-corrected chi connectivity index (χ4v) is 2.59. The summed E-state index contributed by atoms with van der Waals surface area (Å²) in [6.07, 6.45) is -2.98. The number of carbonyl (C=O) groups is 1. The molecule has 0 saturated heterocycles. The van der Waals surface area contributed by atoms with Crippen molar-refractivity contribution in [1.29, 1.82) is 0 Å². The topological polar surface area (TPSA) is 92.7 Å². The summed E-state index contributed by atoms with van der Waals surface area (Å²) in [5.41, 5.74) is -0.00606. The summed E-state index contributed by atoms with van der Waals surface area (Å²) in [5, 5.41) is 13.1. The summed E-state index contributed by atoms with van der Waals surface area (Å²) in [6, 6.07) is 5.64. The van der Waals surface area contributed by atoms with Crippen molar-refractivity contribution < 1.29 is 18.0 Å². The van der Waals surface area contributed by atoms with Gasteiger partial charge in [-0.15, -0.1) is 0 Å². The number of aryl methyl sites for hydroxylation is 2. The predicted octanol–water partition coefficient (Wildman–Crippen LogP) is 2.52. The molecule has 0 aliphatic carbocycles. The van der Waals surface area contributed by atoms with Crippen LogP contribution in [0.2, 0.25) is 0 Å². The molecule has 146 valence electrons. The lowest BCUT2D eigenvalue weighted by molar-refractivity contribution is -0.137. The van der Waals surface area contributed by atoms with Gasteiger partial charge in [-0.1, -0.05) is 6.07 Å². The Morgan fingerprint density at radius 3 is 2.64 bits per heavy atom. The minimum atomic E-state index is -4.52. The zero-order chi connectivity index (χ0) is 20.5. The molecule has 10 heteroatoms. The number of H-pyrrole nitrogens is 1. The highest BCUT2D eigenvalue weighted by molar-refractivity contribution is 5.92. The van der Waals surface area contributed by atoms with Crippen LogP contribution in [-0.4, -0.2) is 25.9 Å². The van der Waals surface area contributed by atoms with E-state index in [1.807, 2.05) is 0 Å². The molecule has 0 saturated carbocycles. The maximum absolute atomic E-state index is 13.0. The van der Waals surface area contributed by atoms with Crippen molar-refractivity contribution in [2.45, 2.75) is 26.6 Å². The first-order chi connectivity index (χ1) is 13.2. The first-order valence-electron chi connectivity index (χ1n) is 8.22. The highest BCUT2D eigenvalue weighted by Gasteiger charge is 2.30. The van der Waals surface area contributed by atoms with Gasteiger partial charge in [0, 0.05) is 29.6 Å². The summed E-state index contributed by atoms with van der Waals surface area (Å²) in [4.78, 5) is 24.6. The lowest BCUT2D eigenvalue weighted by Crippen LogP contribution is -2.31. The van der Waals surface area contributed by atoms with Crippen LogP contribution >= 0.6 is 0 Å². The first kappa shape index (κ1) is 19.3. The number of hydrogen-bond donors (Lipinski definition) is 2. The van der Waals surface area contributed by atoms with E-state index in [1.54, 1.807) is 13.1 Å². The quantitative estimate of drug-likeness (QED) is 0.715. The number of halogens is 3. The molecular formula is C18H16F3N5O2. The Hall–Kier alpha value is -3.43. The molecule has 3 rings (SSSR count). The van der Waals surface area contributed by atoms with Gasteiger partial charge < -0.3 is 5.32 Å². The van der Waals surface area contributed by atoms with Crippen LogP contribution in [0.25, 0.3) is 5.69 Å². The number of nitrogens with zero attached hydrogens (tertiary/aromatic N) is 3. The van der Waals surface area contributed by atoms with Gasteiger partial charge in [-0.2, -0.15) is 23.4 Å². The molecule has 1 amide bonds. The van der Waals surface area contributed by atoms with Crippen molar-refractivity contribution in [2.75, 3.05) is 0 Å². The van der Waals surface area contributed by atoms with E-state index in [1.165, 1.54) is 19.1 Å². The SMILES string of the molecule is Cc1[nH]ncc1CNC(=O)c1nn(-c2cccc(C(F)(F)F)c2)c(C)cc1=O. The van der Waals surface area contributed by atoms with Crippen LogP contribution in [0.15, 0.2) is 41.3 Å². The Morgan fingerprint density at radius 1 is 1.25 bits per heavy atom. The number of aromatic nitrogens is 4. The van der Waals surface area contributed by atoms with E-state index < -0.39 is 28.8 Å². The Balaban J connectivity index is 1.94. The average Bonchev–Trinajstić information content (AvgIpc) is 3.04. The van der Waals surface area contributed by atoms with Crippen LogP contribution in [0.3, 0.4) is 0 Å². The van der Waals surface area contributed by atoms with Crippen molar-refractivity contribution in [3.63, 3.8) is 0 Å². The summed E-state index contributed by atoms with van der Waals surface area (Å²) in [7, 11) is 0. The van der Waals surface area contributed by atoms with Crippen molar-refractivity contribution in [3.8, 4) is 5.69 Å². The zero-order valence-electron chi connectivity index (χ0n) is 15.0. The van der Waals surface area contributed by atoms with Crippen LogP contribution in [0.5, 0.6) is 0 Å². The molecule has 7 nitrogen and oxygen atoms in total. The minimum Gasteiger partial charge on any atom is -0.346 e. The van der Waals surface area contributed by atoms with Gasteiger partial charge in [-0.25, -0.2) is 4.68 Å². The van der Waals surface area contributed by atoms with E-state index >= 15 is 0 Å². The number of amides is 1. The van der Waals surface area contributed by atoms with E-state index in [4.69, 9.17) is 0 Å². The Labute approximate surface area is 157 Å². The molecular weight excluding hydrogens is 375 g/mol. The maximum Gasteiger partial charge on any atom is 0.416 e. The van der Waals surface area contributed by atoms with Crippen molar-refractivity contribution in [1.82, 2.24) is 25.3 Å². The molecule has 0 fully saturated rings. The van der Waals surface area contributed by atoms with Crippen LogP contribution in [0.1, 0.15) is 33.0 Å². The fraction of sp³-hybridized carbons (Fsp3) is 0.222. The van der Waals surface area contributed by atoms with E-state index in [2.05, 4.69) is 20.6 Å². The second-order valence-corrected chi connectivity index (χ2v) is 6.16. The van der Waals surface area contributed by atoms with Crippen molar-refractivity contribution in [3.05, 3.63) is 75.0 Å². The molecule has 0 atom stereocenters. The molecule has 0 aliphatic rings. The number of hydrogen-bond acceptors (Lipinski definition) is 4. The lowest BCUT2D eigenvalue weighted by atomic mass is 10.2. The number of benzene rings is 1. The second-order valence-electron chi connectivity index (χ2n) is 6.16. The van der Waals surface area contributed by atoms with Gasteiger partial charge in [0.2, 0.25) is 5.43 Å². The smallest absolute Gasteiger partial charge is 0.346 e. The maximum atomic E-state index is 13.0. The third kappa shape index (κ3) is 3.95. The predicted molar refractivity (Wildman–Crippen MR) is 94.1 cm³/mol. The monoisotopic (exact) mass is 391 g/mol. The normalized spacial score (nSPS) is 11.5. The molecule has 0 aliphatic heterocycles. The van der Waals surface area contributed by atoms with Gasteiger partial charge in [0.05, 0.1) is 17.4 Å². The molecule has 0 spiro atoms. The van der Waals surface area contributed by atoms with Crippen molar-refractivity contribution >= 4 is 5.91 Å². The van der Waals surface area contributed by atoms with Crippen LogP contribution in [0, 0.1) is 13.8 Å². The molecule has 0 radical (unpaired) electrons. The molecule has 2 N–H and O–H groups in total. The first-order valence-corrected chi connectivity index (χ1v) is 8.22. The van der Waals surface area contributed by atoms with E-state index in [-0.39, 0.29) is 12.2 Å². The third-order valence-electron chi connectivity index (χ3n) is 4.11. The Morgan fingerprint density at radius 2 is 2.00 bits per heavy atom. The van der Waals surface area contributed by atoms with E-state index in [9.17, 15) is 22.8 Å². The van der Waals surface area contributed by atoms with Crippen LogP contribution in [0.4, 0.5) is 13.2 Å². The number of nitrogens with one attached hydrogen (secondary N) is 2. The minimum absolute atomic E-state index is 0.0899. The molecule has 2 aromatic heterocycles. The molecule has 0 unspecified atom stereocenters. The Bertz CT molecular complexity index is 1090. The van der Waals surface area contributed by atoms with Gasteiger partial charge in [0.1, 0.15) is 0 Å². The zero-order valence-corrected chi connectivity index (χ0v) is 15.0. The number of aromatic amines is 1.